The molecule has 0 bridgehead atoms. The average Bonchev–Trinajstić information content (AvgIpc) is 2.33. The number of hydrogen-bond acceptors (Lipinski definition) is 3. The summed E-state index contributed by atoms with van der Waals surface area (Å²) < 4.78 is 26.1. The number of phenolic OH excluding ortho intramolecular Hbond substituents is 2. The molecular weight excluding hydrogens is 240 g/mol. The molecule has 94 valence electrons. The lowest BCUT2D eigenvalue weighted by atomic mass is 10.2. The van der Waals surface area contributed by atoms with Gasteiger partial charge in [-0.1, -0.05) is 6.07 Å². The van der Waals surface area contributed by atoms with Crippen molar-refractivity contribution in [3.05, 3.63) is 53.6 Å². The molecule has 0 saturated carbocycles. The van der Waals surface area contributed by atoms with Gasteiger partial charge in [-0.25, -0.2) is 8.78 Å². The molecule has 0 fully saturated rings. The van der Waals surface area contributed by atoms with E-state index in [-0.39, 0.29) is 12.3 Å². The predicted molar refractivity (Wildman–Crippen MR) is 63.5 cm³/mol. The Labute approximate surface area is 102 Å². The highest BCUT2D eigenvalue weighted by atomic mass is 19.1. The summed E-state index contributed by atoms with van der Waals surface area (Å²) in [6.45, 7) is 0.178. The van der Waals surface area contributed by atoms with E-state index in [2.05, 4.69) is 5.32 Å². The van der Waals surface area contributed by atoms with Crippen molar-refractivity contribution in [3.8, 4) is 11.5 Å². The van der Waals surface area contributed by atoms with Gasteiger partial charge in [-0.3, -0.25) is 0 Å². The Morgan fingerprint density at radius 1 is 1.00 bits per heavy atom. The topological polar surface area (TPSA) is 52.5 Å². The van der Waals surface area contributed by atoms with E-state index in [1.807, 2.05) is 0 Å². The molecule has 2 aromatic carbocycles. The number of anilines is 1. The van der Waals surface area contributed by atoms with Gasteiger partial charge in [-0.15, -0.1) is 0 Å². The summed E-state index contributed by atoms with van der Waals surface area (Å²) in [5, 5.41) is 21.1. The third kappa shape index (κ3) is 2.68. The van der Waals surface area contributed by atoms with E-state index >= 15 is 0 Å². The van der Waals surface area contributed by atoms with Crippen molar-refractivity contribution >= 4 is 5.69 Å². The highest BCUT2D eigenvalue weighted by Gasteiger charge is 2.09. The lowest BCUT2D eigenvalue weighted by Gasteiger charge is -2.08. The lowest BCUT2D eigenvalue weighted by Crippen LogP contribution is -2.00. The van der Waals surface area contributed by atoms with Crippen LogP contribution in [0.15, 0.2) is 36.4 Å². The van der Waals surface area contributed by atoms with Crippen molar-refractivity contribution in [1.29, 1.82) is 0 Å². The first-order valence-electron chi connectivity index (χ1n) is 5.26. The normalized spacial score (nSPS) is 10.3. The first-order valence-corrected chi connectivity index (χ1v) is 5.26. The van der Waals surface area contributed by atoms with Gasteiger partial charge < -0.3 is 15.5 Å². The summed E-state index contributed by atoms with van der Waals surface area (Å²) in [7, 11) is 0. The highest BCUT2D eigenvalue weighted by molar-refractivity contribution is 5.48. The van der Waals surface area contributed by atoms with E-state index < -0.39 is 17.4 Å². The van der Waals surface area contributed by atoms with Crippen LogP contribution < -0.4 is 5.32 Å². The minimum atomic E-state index is -0.997. The number of rotatable bonds is 3. The maximum absolute atomic E-state index is 13.1. The molecule has 0 aliphatic heterocycles. The first kappa shape index (κ1) is 12.2. The number of aromatic hydroxyl groups is 2. The Kier molecular flexibility index (Phi) is 3.32. The van der Waals surface area contributed by atoms with Crippen molar-refractivity contribution in [2.75, 3.05) is 5.32 Å². The molecule has 0 aliphatic carbocycles. The Morgan fingerprint density at radius 3 is 2.28 bits per heavy atom. The maximum Gasteiger partial charge on any atom is 0.187 e. The number of halogens is 2. The van der Waals surface area contributed by atoms with Gasteiger partial charge in [0.25, 0.3) is 0 Å². The zero-order valence-corrected chi connectivity index (χ0v) is 9.32. The summed E-state index contributed by atoms with van der Waals surface area (Å²) in [4.78, 5) is 0. The van der Waals surface area contributed by atoms with Crippen molar-refractivity contribution in [2.45, 2.75) is 6.54 Å². The molecule has 2 aromatic rings. The predicted octanol–water partition coefficient (Wildman–Crippen LogP) is 2.99. The maximum atomic E-state index is 13.1. The lowest BCUT2D eigenvalue weighted by molar-refractivity contribution is 0.395. The van der Waals surface area contributed by atoms with Crippen LogP contribution in [0.2, 0.25) is 0 Å². The molecule has 3 N–H and O–H groups in total. The van der Waals surface area contributed by atoms with Crippen molar-refractivity contribution in [2.24, 2.45) is 0 Å². The highest BCUT2D eigenvalue weighted by Crippen LogP contribution is 2.22. The Bertz CT molecular complexity index is 550. The number of phenols is 2. The second kappa shape index (κ2) is 4.91. The van der Waals surface area contributed by atoms with E-state index in [9.17, 15) is 13.9 Å². The third-order valence-electron chi connectivity index (χ3n) is 2.42. The molecule has 0 amide bonds. The summed E-state index contributed by atoms with van der Waals surface area (Å²) >= 11 is 0. The van der Waals surface area contributed by atoms with Gasteiger partial charge >= 0.3 is 0 Å². The van der Waals surface area contributed by atoms with Crippen molar-refractivity contribution in [3.63, 3.8) is 0 Å². The zero-order valence-electron chi connectivity index (χ0n) is 9.32. The molecule has 0 aromatic heterocycles. The fourth-order valence-corrected chi connectivity index (χ4v) is 1.54. The van der Waals surface area contributed by atoms with Crippen LogP contribution in [-0.4, -0.2) is 10.2 Å². The quantitative estimate of drug-likeness (QED) is 0.786. The summed E-state index contributed by atoms with van der Waals surface area (Å²) in [6, 6.07) is 8.48. The molecule has 0 saturated heterocycles. The standard InChI is InChI=1S/C13H11F2NO2/c14-11-4-8(5-12(15)13(11)18)7-16-9-2-1-3-10(17)6-9/h1-6,16-18H,7H2. The minimum absolute atomic E-state index is 0.100. The van der Waals surface area contributed by atoms with E-state index in [0.717, 1.165) is 12.1 Å². The Balaban J connectivity index is 2.11. The Morgan fingerprint density at radius 2 is 1.67 bits per heavy atom. The Hall–Kier alpha value is -2.30. The van der Waals surface area contributed by atoms with Crippen LogP contribution in [0.3, 0.4) is 0 Å². The van der Waals surface area contributed by atoms with Gasteiger partial charge in [-0.2, -0.15) is 0 Å². The fourth-order valence-electron chi connectivity index (χ4n) is 1.54. The van der Waals surface area contributed by atoms with Gasteiger partial charge in [0.2, 0.25) is 0 Å². The molecule has 2 rings (SSSR count). The van der Waals surface area contributed by atoms with Gasteiger partial charge in [0, 0.05) is 18.3 Å². The van der Waals surface area contributed by atoms with Gasteiger partial charge in [-0.05, 0) is 29.8 Å². The SMILES string of the molecule is Oc1cccc(NCc2cc(F)c(O)c(F)c2)c1. The molecule has 0 aliphatic rings. The summed E-state index contributed by atoms with van der Waals surface area (Å²) in [5.74, 6) is -2.87. The van der Waals surface area contributed by atoms with Crippen LogP contribution in [0.5, 0.6) is 11.5 Å². The van der Waals surface area contributed by atoms with Gasteiger partial charge in [0.05, 0.1) is 0 Å². The van der Waals surface area contributed by atoms with Crippen LogP contribution in [0.25, 0.3) is 0 Å². The molecule has 5 heteroatoms. The monoisotopic (exact) mass is 251 g/mol. The van der Waals surface area contributed by atoms with Crippen LogP contribution in [-0.2, 0) is 6.54 Å². The third-order valence-corrected chi connectivity index (χ3v) is 2.42. The molecule has 0 unspecified atom stereocenters. The zero-order chi connectivity index (χ0) is 13.1. The van der Waals surface area contributed by atoms with Crippen LogP contribution >= 0.6 is 0 Å². The molecule has 0 heterocycles. The molecule has 0 spiro atoms. The molecular formula is C13H11F2NO2. The molecule has 0 atom stereocenters. The smallest absolute Gasteiger partial charge is 0.187 e. The minimum Gasteiger partial charge on any atom is -0.508 e. The molecule has 18 heavy (non-hydrogen) atoms. The van der Waals surface area contributed by atoms with E-state index in [0.29, 0.717) is 11.3 Å². The van der Waals surface area contributed by atoms with Gasteiger partial charge in [0.15, 0.2) is 17.4 Å². The van der Waals surface area contributed by atoms with E-state index in [4.69, 9.17) is 5.11 Å². The van der Waals surface area contributed by atoms with E-state index in [1.54, 1.807) is 12.1 Å². The average molecular weight is 251 g/mol. The summed E-state index contributed by atoms with van der Waals surface area (Å²) in [6.07, 6.45) is 0. The molecule has 0 radical (unpaired) electrons. The van der Waals surface area contributed by atoms with Crippen LogP contribution in [0.4, 0.5) is 14.5 Å². The number of nitrogens with one attached hydrogen (secondary N) is 1. The van der Waals surface area contributed by atoms with E-state index in [1.165, 1.54) is 12.1 Å². The van der Waals surface area contributed by atoms with Crippen molar-refractivity contribution < 1.29 is 19.0 Å². The first-order chi connectivity index (χ1) is 8.56. The fraction of sp³-hybridized carbons (Fsp3) is 0.0769. The number of benzene rings is 2. The van der Waals surface area contributed by atoms with Crippen LogP contribution in [0, 0.1) is 11.6 Å². The second-order valence-corrected chi connectivity index (χ2v) is 3.81. The van der Waals surface area contributed by atoms with Crippen molar-refractivity contribution in [1.82, 2.24) is 0 Å². The molecule has 3 nitrogen and oxygen atoms in total. The largest absolute Gasteiger partial charge is 0.508 e. The van der Waals surface area contributed by atoms with Gasteiger partial charge in [0.1, 0.15) is 5.75 Å². The second-order valence-electron chi connectivity index (χ2n) is 3.81. The number of hydrogen-bond donors (Lipinski definition) is 3. The summed E-state index contributed by atoms with van der Waals surface area (Å²) in [5.41, 5.74) is 0.982. The van der Waals surface area contributed by atoms with Crippen LogP contribution in [0.1, 0.15) is 5.56 Å².